The summed E-state index contributed by atoms with van der Waals surface area (Å²) in [5.74, 6) is -1.51. The zero-order valence-electron chi connectivity index (χ0n) is 7.93. The number of hydrogen-bond donors (Lipinski definition) is 1. The van der Waals surface area contributed by atoms with Crippen LogP contribution in [0.5, 0.6) is 0 Å². The average molecular weight is 364 g/mol. The molecule has 0 aromatic heterocycles. The lowest BCUT2D eigenvalue weighted by Crippen LogP contribution is -2.00. The van der Waals surface area contributed by atoms with E-state index >= 15 is 0 Å². The molecule has 1 rings (SSSR count). The molecule has 0 bridgehead atoms. The van der Waals surface area contributed by atoms with E-state index in [9.17, 15) is 8.78 Å². The van der Waals surface area contributed by atoms with Crippen LogP contribution in [-0.4, -0.2) is 5.71 Å². The summed E-state index contributed by atoms with van der Waals surface area (Å²) in [6.07, 6.45) is 0. The average Bonchev–Trinajstić information content (AvgIpc) is 2.31. The Balaban J connectivity index is 3.18. The molecule has 1 aromatic carbocycles. The molecule has 0 amide bonds. The van der Waals surface area contributed by atoms with E-state index in [1.807, 2.05) is 0 Å². The molecule has 0 unspecified atom stereocenters. The minimum Gasteiger partial charge on any atom is -0.272 e. The molecule has 17 heavy (non-hydrogen) atoms. The highest BCUT2D eigenvalue weighted by molar-refractivity contribution is 9.11. The Hall–Kier alpha value is -1.51. The highest BCUT2D eigenvalue weighted by atomic mass is 79.9. The Kier molecular flexibility index (Phi) is 4.55. The first-order valence-corrected chi connectivity index (χ1v) is 5.56. The lowest BCUT2D eigenvalue weighted by molar-refractivity contribution is 0.591. The van der Waals surface area contributed by atoms with Gasteiger partial charge in [-0.15, -0.1) is 0 Å². The van der Waals surface area contributed by atoms with Gasteiger partial charge < -0.3 is 0 Å². The zero-order valence-corrected chi connectivity index (χ0v) is 11.1. The Morgan fingerprint density at radius 1 is 1.29 bits per heavy atom. The molecule has 1 aromatic rings. The second kappa shape index (κ2) is 5.71. The highest BCUT2D eigenvalue weighted by Crippen LogP contribution is 2.33. The molecule has 1 N–H and O–H groups in total. The van der Waals surface area contributed by atoms with Gasteiger partial charge in [-0.05, 0) is 37.9 Å². The van der Waals surface area contributed by atoms with Crippen molar-refractivity contribution in [2.45, 2.75) is 0 Å². The molecule has 0 spiro atoms. The zero-order chi connectivity index (χ0) is 13.0. The Labute approximate surface area is 112 Å². The molecular formula is C9H2Br2F2N4. The SMILES string of the molecule is N#CC(C#N)=NNc1c(F)cc(Br)c(F)c1Br. The molecule has 86 valence electrons. The summed E-state index contributed by atoms with van der Waals surface area (Å²) in [6, 6.07) is 3.84. The van der Waals surface area contributed by atoms with Gasteiger partial charge in [-0.3, -0.25) is 5.43 Å². The van der Waals surface area contributed by atoms with Gasteiger partial charge in [0.25, 0.3) is 0 Å². The van der Waals surface area contributed by atoms with E-state index in [4.69, 9.17) is 10.5 Å². The third-order valence-electron chi connectivity index (χ3n) is 1.61. The molecule has 8 heteroatoms. The van der Waals surface area contributed by atoms with Crippen molar-refractivity contribution in [2.24, 2.45) is 5.10 Å². The highest BCUT2D eigenvalue weighted by Gasteiger charge is 2.15. The molecule has 0 aliphatic heterocycles. The number of hydrogen-bond acceptors (Lipinski definition) is 4. The summed E-state index contributed by atoms with van der Waals surface area (Å²) in [5.41, 5.74) is 1.31. The summed E-state index contributed by atoms with van der Waals surface area (Å²) in [6.45, 7) is 0. The summed E-state index contributed by atoms with van der Waals surface area (Å²) in [7, 11) is 0. The number of nitrogens with one attached hydrogen (secondary N) is 1. The number of nitriles is 2. The summed E-state index contributed by atoms with van der Waals surface area (Å²) in [5, 5.41) is 20.1. The van der Waals surface area contributed by atoms with Gasteiger partial charge in [0, 0.05) is 0 Å². The summed E-state index contributed by atoms with van der Waals surface area (Å²) >= 11 is 5.66. The van der Waals surface area contributed by atoms with E-state index in [1.165, 1.54) is 12.1 Å². The second-order valence-corrected chi connectivity index (χ2v) is 4.29. The van der Waals surface area contributed by atoms with Crippen LogP contribution in [0, 0.1) is 34.3 Å². The molecule has 0 atom stereocenters. The van der Waals surface area contributed by atoms with Crippen LogP contribution in [-0.2, 0) is 0 Å². The number of nitrogens with zero attached hydrogens (tertiary/aromatic N) is 3. The Bertz CT molecular complexity index is 556. The first kappa shape index (κ1) is 13.6. The maximum absolute atomic E-state index is 13.4. The maximum Gasteiger partial charge on any atom is 0.237 e. The smallest absolute Gasteiger partial charge is 0.237 e. The van der Waals surface area contributed by atoms with Crippen LogP contribution in [0.25, 0.3) is 0 Å². The van der Waals surface area contributed by atoms with Crippen molar-refractivity contribution in [1.29, 1.82) is 10.5 Å². The topological polar surface area (TPSA) is 72.0 Å². The van der Waals surface area contributed by atoms with E-state index < -0.39 is 17.3 Å². The van der Waals surface area contributed by atoms with Crippen molar-refractivity contribution in [3.63, 3.8) is 0 Å². The fraction of sp³-hybridized carbons (Fsp3) is 0. The predicted molar refractivity (Wildman–Crippen MR) is 64.0 cm³/mol. The third-order valence-corrected chi connectivity index (χ3v) is 2.93. The van der Waals surface area contributed by atoms with E-state index in [0.717, 1.165) is 6.07 Å². The minimum atomic E-state index is -0.788. The van der Waals surface area contributed by atoms with Gasteiger partial charge in [-0.1, -0.05) is 0 Å². The maximum atomic E-state index is 13.4. The Morgan fingerprint density at radius 3 is 2.41 bits per heavy atom. The summed E-state index contributed by atoms with van der Waals surface area (Å²) in [4.78, 5) is 0. The van der Waals surface area contributed by atoms with Crippen LogP contribution in [0.2, 0.25) is 0 Å². The normalized spacial score (nSPS) is 9.06. The van der Waals surface area contributed by atoms with Crippen LogP contribution < -0.4 is 5.43 Å². The lowest BCUT2D eigenvalue weighted by atomic mass is 10.3. The third kappa shape index (κ3) is 2.99. The van der Waals surface area contributed by atoms with Gasteiger partial charge in [0.15, 0.2) is 11.6 Å². The monoisotopic (exact) mass is 362 g/mol. The van der Waals surface area contributed by atoms with Gasteiger partial charge >= 0.3 is 0 Å². The van der Waals surface area contributed by atoms with Crippen LogP contribution in [0.1, 0.15) is 0 Å². The Morgan fingerprint density at radius 2 is 1.88 bits per heavy atom. The largest absolute Gasteiger partial charge is 0.272 e. The molecule has 4 nitrogen and oxygen atoms in total. The van der Waals surface area contributed by atoms with Crippen LogP contribution in [0.4, 0.5) is 14.5 Å². The van der Waals surface area contributed by atoms with Gasteiger partial charge in [-0.25, -0.2) is 8.78 Å². The summed E-state index contributed by atoms with van der Waals surface area (Å²) < 4.78 is 26.6. The van der Waals surface area contributed by atoms with E-state index in [0.29, 0.717) is 0 Å². The van der Waals surface area contributed by atoms with E-state index in [2.05, 4.69) is 42.4 Å². The van der Waals surface area contributed by atoms with Gasteiger partial charge in [0.1, 0.15) is 17.8 Å². The number of benzene rings is 1. The number of rotatable bonds is 2. The molecule has 0 aliphatic rings. The molecular weight excluding hydrogens is 362 g/mol. The quantitative estimate of drug-likeness (QED) is 0.379. The van der Waals surface area contributed by atoms with E-state index in [1.54, 1.807) is 0 Å². The van der Waals surface area contributed by atoms with Crippen LogP contribution in [0.15, 0.2) is 20.1 Å². The lowest BCUT2D eigenvalue weighted by Gasteiger charge is -2.07. The van der Waals surface area contributed by atoms with Crippen molar-refractivity contribution < 1.29 is 8.78 Å². The first-order valence-electron chi connectivity index (χ1n) is 3.98. The van der Waals surface area contributed by atoms with Crippen molar-refractivity contribution in [2.75, 3.05) is 5.43 Å². The molecule has 0 radical (unpaired) electrons. The molecule has 0 aliphatic carbocycles. The van der Waals surface area contributed by atoms with Crippen molar-refractivity contribution in [3.8, 4) is 12.1 Å². The van der Waals surface area contributed by atoms with Gasteiger partial charge in [-0.2, -0.15) is 15.6 Å². The standard InChI is InChI=1S/C9H2Br2F2N4/c10-5-1-6(12)9(7(11)8(5)13)17-16-4(2-14)3-15/h1,17H. The number of anilines is 1. The first-order chi connectivity index (χ1) is 8.01. The van der Waals surface area contributed by atoms with Crippen LogP contribution >= 0.6 is 31.9 Å². The fourth-order valence-corrected chi connectivity index (χ4v) is 2.01. The predicted octanol–water partition coefficient (Wildman–Crippen LogP) is 3.30. The fourth-order valence-electron chi connectivity index (χ4n) is 0.856. The molecule has 0 saturated carbocycles. The number of hydrazone groups is 1. The van der Waals surface area contributed by atoms with Gasteiger partial charge in [0.2, 0.25) is 5.71 Å². The minimum absolute atomic E-state index is 0.0582. The molecule has 0 heterocycles. The van der Waals surface area contributed by atoms with Crippen molar-refractivity contribution >= 4 is 43.3 Å². The van der Waals surface area contributed by atoms with Gasteiger partial charge in [0.05, 0.1) is 8.95 Å². The molecule has 0 saturated heterocycles. The second-order valence-electron chi connectivity index (χ2n) is 2.64. The van der Waals surface area contributed by atoms with E-state index in [-0.39, 0.29) is 14.6 Å². The van der Waals surface area contributed by atoms with Crippen LogP contribution in [0.3, 0.4) is 0 Å². The van der Waals surface area contributed by atoms with Crippen molar-refractivity contribution in [3.05, 3.63) is 26.6 Å². The number of halogens is 4. The molecule has 0 fully saturated rings. The van der Waals surface area contributed by atoms with Crippen molar-refractivity contribution in [1.82, 2.24) is 0 Å².